The predicted octanol–water partition coefficient (Wildman–Crippen LogP) is 3.56. The van der Waals surface area contributed by atoms with Crippen LogP contribution >= 0.6 is 11.8 Å². The number of benzene rings is 1. The van der Waals surface area contributed by atoms with Crippen LogP contribution in [-0.4, -0.2) is 21.0 Å². The lowest BCUT2D eigenvalue weighted by molar-refractivity contribution is 0.0693. The zero-order valence-electron chi connectivity index (χ0n) is 11.9. The van der Waals surface area contributed by atoms with E-state index in [0.29, 0.717) is 10.1 Å². The zero-order valence-corrected chi connectivity index (χ0v) is 12.7. The van der Waals surface area contributed by atoms with Crippen molar-refractivity contribution in [1.82, 2.24) is 9.97 Å². The molecule has 0 aliphatic rings. The van der Waals surface area contributed by atoms with E-state index >= 15 is 0 Å². The molecule has 0 atom stereocenters. The van der Waals surface area contributed by atoms with Gasteiger partial charge in [0, 0.05) is 16.3 Å². The van der Waals surface area contributed by atoms with Gasteiger partial charge in [-0.1, -0.05) is 12.1 Å². The fourth-order valence-electron chi connectivity index (χ4n) is 1.83. The predicted molar refractivity (Wildman–Crippen MR) is 78.5 cm³/mol. The molecule has 0 unspecified atom stereocenters. The third-order valence-corrected chi connectivity index (χ3v) is 4.36. The van der Waals surface area contributed by atoms with E-state index in [0.717, 1.165) is 22.5 Å². The van der Waals surface area contributed by atoms with Crippen LogP contribution in [0.15, 0.2) is 28.3 Å². The maximum absolute atomic E-state index is 11.3. The van der Waals surface area contributed by atoms with Crippen LogP contribution < -0.4 is 0 Å². The van der Waals surface area contributed by atoms with Gasteiger partial charge in [0.1, 0.15) is 0 Å². The second kappa shape index (κ2) is 5.63. The fraction of sp³-hybridized carbons (Fsp3) is 0.267. The Labute approximate surface area is 122 Å². The van der Waals surface area contributed by atoms with Crippen molar-refractivity contribution in [2.75, 3.05) is 0 Å². The van der Waals surface area contributed by atoms with Gasteiger partial charge < -0.3 is 5.11 Å². The van der Waals surface area contributed by atoms with Gasteiger partial charge in [-0.2, -0.15) is 0 Å². The van der Waals surface area contributed by atoms with Gasteiger partial charge in [0.05, 0.1) is 5.56 Å². The summed E-state index contributed by atoms with van der Waals surface area (Å²) >= 11 is 1.30. The second-order valence-electron chi connectivity index (χ2n) is 4.66. The third kappa shape index (κ3) is 2.82. The Morgan fingerprint density at radius 2 is 1.70 bits per heavy atom. The molecule has 2 rings (SSSR count). The number of hydrogen-bond acceptors (Lipinski definition) is 4. The summed E-state index contributed by atoms with van der Waals surface area (Å²) < 4.78 is 0. The van der Waals surface area contributed by atoms with E-state index < -0.39 is 5.97 Å². The molecule has 4 nitrogen and oxygen atoms in total. The van der Waals surface area contributed by atoms with Crippen LogP contribution in [0.1, 0.15) is 32.9 Å². The minimum Gasteiger partial charge on any atom is -0.478 e. The van der Waals surface area contributed by atoms with Crippen molar-refractivity contribution < 1.29 is 9.90 Å². The van der Waals surface area contributed by atoms with Crippen LogP contribution in [0.5, 0.6) is 0 Å². The topological polar surface area (TPSA) is 63.1 Å². The van der Waals surface area contributed by atoms with Gasteiger partial charge in [-0.05, 0) is 56.7 Å². The van der Waals surface area contributed by atoms with Gasteiger partial charge in [-0.3, -0.25) is 0 Å². The number of carboxylic acids is 1. The van der Waals surface area contributed by atoms with E-state index in [9.17, 15) is 9.90 Å². The minimum atomic E-state index is -0.934. The maximum atomic E-state index is 11.3. The number of hydrogen-bond donors (Lipinski definition) is 1. The summed E-state index contributed by atoms with van der Waals surface area (Å²) in [5, 5.41) is 9.85. The molecule has 1 heterocycles. The molecule has 0 spiro atoms. The standard InChI is InChI=1S/C15H16N2O2S/c1-8-6-5-7-12(14(18)19)13(8)20-15-16-10(3)9(2)11(4)17-15/h5-7H,1-4H3,(H,18,19). The van der Waals surface area contributed by atoms with Crippen LogP contribution in [0.4, 0.5) is 0 Å². The number of aromatic carboxylic acids is 1. The van der Waals surface area contributed by atoms with E-state index in [2.05, 4.69) is 9.97 Å². The van der Waals surface area contributed by atoms with Gasteiger partial charge >= 0.3 is 5.97 Å². The highest BCUT2D eigenvalue weighted by Crippen LogP contribution is 2.31. The average molecular weight is 288 g/mol. The Balaban J connectivity index is 2.47. The Bertz CT molecular complexity index is 661. The SMILES string of the molecule is Cc1cccc(C(=O)O)c1Sc1nc(C)c(C)c(C)n1. The molecule has 1 N–H and O–H groups in total. The average Bonchev–Trinajstić information content (AvgIpc) is 2.38. The molecule has 0 aliphatic heterocycles. The first kappa shape index (κ1) is 14.5. The lowest BCUT2D eigenvalue weighted by Crippen LogP contribution is -2.02. The molecular weight excluding hydrogens is 272 g/mol. The summed E-state index contributed by atoms with van der Waals surface area (Å²) in [5.74, 6) is -0.934. The minimum absolute atomic E-state index is 0.287. The number of rotatable bonds is 3. The summed E-state index contributed by atoms with van der Waals surface area (Å²) in [6, 6.07) is 5.24. The number of carboxylic acid groups (broad SMARTS) is 1. The van der Waals surface area contributed by atoms with Crippen molar-refractivity contribution in [3.8, 4) is 0 Å². The molecule has 0 saturated carbocycles. The summed E-state index contributed by atoms with van der Waals surface area (Å²) in [6.07, 6.45) is 0. The van der Waals surface area contributed by atoms with Crippen molar-refractivity contribution >= 4 is 17.7 Å². The van der Waals surface area contributed by atoms with Crippen LogP contribution in [-0.2, 0) is 0 Å². The van der Waals surface area contributed by atoms with Gasteiger partial charge in [-0.15, -0.1) is 0 Å². The lowest BCUT2D eigenvalue weighted by atomic mass is 10.1. The van der Waals surface area contributed by atoms with Crippen molar-refractivity contribution in [2.45, 2.75) is 37.7 Å². The molecule has 0 radical (unpaired) electrons. The van der Waals surface area contributed by atoms with Crippen LogP contribution in [0.3, 0.4) is 0 Å². The summed E-state index contributed by atoms with van der Waals surface area (Å²) in [4.78, 5) is 20.9. The number of nitrogens with zero attached hydrogens (tertiary/aromatic N) is 2. The van der Waals surface area contributed by atoms with E-state index in [1.165, 1.54) is 11.8 Å². The summed E-state index contributed by atoms with van der Waals surface area (Å²) in [7, 11) is 0. The van der Waals surface area contributed by atoms with Gasteiger partial charge in [0.25, 0.3) is 0 Å². The van der Waals surface area contributed by atoms with Gasteiger partial charge in [0.15, 0.2) is 5.16 Å². The van der Waals surface area contributed by atoms with Crippen molar-refractivity contribution in [3.63, 3.8) is 0 Å². The molecule has 2 aromatic rings. The number of aromatic nitrogens is 2. The van der Waals surface area contributed by atoms with E-state index in [1.807, 2.05) is 33.8 Å². The first-order valence-corrected chi connectivity index (χ1v) is 7.04. The van der Waals surface area contributed by atoms with Crippen molar-refractivity contribution in [2.24, 2.45) is 0 Å². The Hall–Kier alpha value is -1.88. The highest BCUT2D eigenvalue weighted by Gasteiger charge is 2.15. The van der Waals surface area contributed by atoms with E-state index in [4.69, 9.17) is 0 Å². The molecule has 20 heavy (non-hydrogen) atoms. The summed E-state index contributed by atoms with van der Waals surface area (Å²) in [6.45, 7) is 7.74. The molecule has 0 fully saturated rings. The Kier molecular flexibility index (Phi) is 4.09. The molecular formula is C15H16N2O2S. The largest absolute Gasteiger partial charge is 0.478 e. The molecule has 0 amide bonds. The van der Waals surface area contributed by atoms with Crippen molar-refractivity contribution in [1.29, 1.82) is 0 Å². The highest BCUT2D eigenvalue weighted by atomic mass is 32.2. The molecule has 104 valence electrons. The van der Waals surface area contributed by atoms with Crippen molar-refractivity contribution in [3.05, 3.63) is 46.3 Å². The zero-order chi connectivity index (χ0) is 14.9. The van der Waals surface area contributed by atoms with Crippen LogP contribution in [0.2, 0.25) is 0 Å². The Morgan fingerprint density at radius 1 is 1.10 bits per heavy atom. The number of aryl methyl sites for hydroxylation is 3. The monoisotopic (exact) mass is 288 g/mol. The highest BCUT2D eigenvalue weighted by molar-refractivity contribution is 7.99. The number of carbonyl (C=O) groups is 1. The molecule has 5 heteroatoms. The molecule has 0 saturated heterocycles. The Morgan fingerprint density at radius 3 is 2.25 bits per heavy atom. The third-order valence-electron chi connectivity index (χ3n) is 3.25. The van der Waals surface area contributed by atoms with Gasteiger partial charge in [0.2, 0.25) is 0 Å². The van der Waals surface area contributed by atoms with E-state index in [1.54, 1.807) is 12.1 Å². The first-order valence-electron chi connectivity index (χ1n) is 6.22. The van der Waals surface area contributed by atoms with Crippen LogP contribution in [0, 0.1) is 27.7 Å². The molecule has 0 aliphatic carbocycles. The summed E-state index contributed by atoms with van der Waals surface area (Å²) in [5.41, 5.74) is 4.11. The molecule has 1 aromatic heterocycles. The molecule has 0 bridgehead atoms. The normalized spacial score (nSPS) is 10.6. The second-order valence-corrected chi connectivity index (χ2v) is 5.64. The van der Waals surface area contributed by atoms with Gasteiger partial charge in [-0.25, -0.2) is 14.8 Å². The molecule has 1 aromatic carbocycles. The lowest BCUT2D eigenvalue weighted by Gasteiger charge is -2.10. The first-order chi connectivity index (χ1) is 9.40. The maximum Gasteiger partial charge on any atom is 0.336 e. The fourth-order valence-corrected chi connectivity index (χ4v) is 2.88. The smallest absolute Gasteiger partial charge is 0.336 e. The van der Waals surface area contributed by atoms with Crippen LogP contribution in [0.25, 0.3) is 0 Å². The van der Waals surface area contributed by atoms with E-state index in [-0.39, 0.29) is 5.56 Å². The quantitative estimate of drug-likeness (QED) is 0.875.